The van der Waals surface area contributed by atoms with Crippen molar-refractivity contribution < 1.29 is 15.0 Å². The van der Waals surface area contributed by atoms with E-state index in [9.17, 15) is 15.0 Å². The zero-order chi connectivity index (χ0) is 21.7. The number of fused-ring (bicyclic) bond motifs is 3. The Morgan fingerprint density at radius 1 is 1.00 bits per heavy atom. The Kier molecular flexibility index (Phi) is 4.82. The molecule has 1 unspecified atom stereocenters. The molecule has 0 bridgehead atoms. The average molecular weight is 418 g/mol. The second-order valence-electron chi connectivity index (χ2n) is 8.78. The number of amides is 1. The number of carbonyl (C=O) groups excluding carboxylic acids is 1. The molecule has 2 aromatic carbocycles. The molecule has 0 spiro atoms. The topological polar surface area (TPSA) is 76.4 Å². The van der Waals surface area contributed by atoms with Crippen LogP contribution in [0.2, 0.25) is 0 Å². The normalized spacial score (nSPS) is 23.5. The van der Waals surface area contributed by atoms with Crippen molar-refractivity contribution in [1.82, 2.24) is 9.91 Å². The Balaban J connectivity index is 1.72. The average Bonchev–Trinajstić information content (AvgIpc) is 2.93. The van der Waals surface area contributed by atoms with Crippen molar-refractivity contribution in [2.24, 2.45) is 5.10 Å². The van der Waals surface area contributed by atoms with E-state index in [0.29, 0.717) is 6.54 Å². The molecule has 1 fully saturated rings. The first-order valence-electron chi connectivity index (χ1n) is 10.9. The highest BCUT2D eigenvalue weighted by Gasteiger charge is 2.46. The van der Waals surface area contributed by atoms with E-state index in [1.807, 2.05) is 13.8 Å². The lowest BCUT2D eigenvalue weighted by Crippen LogP contribution is -2.58. The summed E-state index contributed by atoms with van der Waals surface area (Å²) in [4.78, 5) is 15.0. The van der Waals surface area contributed by atoms with Gasteiger partial charge in [-0.3, -0.25) is 9.80 Å². The standard InChI is InChI=1S/C25H27N3O3/c1-15(2)27-14-20(28-23(25(27)31)24(30)21(29)13-26-28)22-18-9-5-3-7-16(18)11-12-17-8-4-6-10-19(17)22/h3-10,13,15,20-22,29-30H,11-12,14H2,1-2H3/t20-,21?/m1/s1. The molecule has 31 heavy (non-hydrogen) atoms. The molecule has 160 valence electrons. The van der Waals surface area contributed by atoms with Crippen molar-refractivity contribution in [2.75, 3.05) is 6.54 Å². The van der Waals surface area contributed by atoms with E-state index >= 15 is 0 Å². The molecule has 3 aliphatic rings. The zero-order valence-electron chi connectivity index (χ0n) is 17.8. The fourth-order valence-electron chi connectivity index (χ4n) is 5.15. The van der Waals surface area contributed by atoms with Gasteiger partial charge in [0.25, 0.3) is 5.91 Å². The van der Waals surface area contributed by atoms with E-state index < -0.39 is 6.10 Å². The second-order valence-corrected chi connectivity index (χ2v) is 8.78. The minimum Gasteiger partial charge on any atom is -0.507 e. The third-order valence-corrected chi connectivity index (χ3v) is 6.70. The van der Waals surface area contributed by atoms with E-state index in [0.717, 1.165) is 12.8 Å². The van der Waals surface area contributed by atoms with E-state index in [1.165, 1.54) is 28.5 Å². The van der Waals surface area contributed by atoms with Gasteiger partial charge in [-0.05, 0) is 48.9 Å². The third-order valence-electron chi connectivity index (χ3n) is 6.70. The predicted molar refractivity (Wildman–Crippen MR) is 119 cm³/mol. The number of aliphatic hydroxyl groups excluding tert-OH is 2. The van der Waals surface area contributed by atoms with Crippen molar-refractivity contribution >= 4 is 12.1 Å². The Labute approximate surface area is 182 Å². The summed E-state index contributed by atoms with van der Waals surface area (Å²) in [5.74, 6) is -0.653. The Bertz CT molecular complexity index is 1040. The fraction of sp³-hybridized carbons (Fsp3) is 0.360. The van der Waals surface area contributed by atoms with E-state index in [2.05, 4.69) is 53.6 Å². The van der Waals surface area contributed by atoms with Crippen molar-refractivity contribution in [3.63, 3.8) is 0 Å². The maximum absolute atomic E-state index is 13.2. The maximum atomic E-state index is 13.2. The van der Waals surface area contributed by atoms with Crippen LogP contribution in [0.4, 0.5) is 0 Å². The SMILES string of the molecule is CC(C)N1C[C@H](C2c3ccccc3CCc3ccccc32)N2N=CC(O)C(O)=C2C1=O. The predicted octanol–water partition coefficient (Wildman–Crippen LogP) is 2.97. The molecule has 0 radical (unpaired) electrons. The number of hydrogen-bond acceptors (Lipinski definition) is 5. The summed E-state index contributed by atoms with van der Waals surface area (Å²) in [5, 5.41) is 26.9. The number of nitrogens with zero attached hydrogens (tertiary/aromatic N) is 3. The minimum atomic E-state index is -1.27. The first kappa shape index (κ1) is 19.8. The molecule has 2 heterocycles. The van der Waals surface area contributed by atoms with E-state index in [1.54, 1.807) is 9.91 Å². The summed E-state index contributed by atoms with van der Waals surface area (Å²) < 4.78 is 0. The summed E-state index contributed by atoms with van der Waals surface area (Å²) in [7, 11) is 0. The van der Waals surface area contributed by atoms with Crippen LogP contribution in [-0.4, -0.2) is 57.0 Å². The number of rotatable bonds is 2. The van der Waals surface area contributed by atoms with Gasteiger partial charge in [-0.25, -0.2) is 0 Å². The van der Waals surface area contributed by atoms with E-state index in [-0.39, 0.29) is 35.4 Å². The molecule has 2 aromatic rings. The summed E-state index contributed by atoms with van der Waals surface area (Å²) in [6.07, 6.45) is 1.95. The van der Waals surface area contributed by atoms with Gasteiger partial charge in [-0.15, -0.1) is 0 Å². The van der Waals surface area contributed by atoms with Crippen molar-refractivity contribution in [1.29, 1.82) is 0 Å². The summed E-state index contributed by atoms with van der Waals surface area (Å²) in [6, 6.07) is 16.7. The molecule has 6 heteroatoms. The van der Waals surface area contributed by atoms with Crippen LogP contribution in [0.25, 0.3) is 0 Å². The van der Waals surface area contributed by atoms with E-state index in [4.69, 9.17) is 0 Å². The van der Waals surface area contributed by atoms with Gasteiger partial charge in [-0.1, -0.05) is 48.5 Å². The first-order chi connectivity index (χ1) is 15.0. The highest BCUT2D eigenvalue weighted by molar-refractivity contribution is 5.96. The number of piperazine rings is 1. The number of benzene rings is 2. The van der Waals surface area contributed by atoms with Crippen LogP contribution in [0.15, 0.2) is 65.1 Å². The molecular weight excluding hydrogens is 390 g/mol. The van der Waals surface area contributed by atoms with Gasteiger partial charge in [0.05, 0.1) is 12.3 Å². The summed E-state index contributed by atoms with van der Waals surface area (Å²) >= 11 is 0. The molecular formula is C25H27N3O3. The Morgan fingerprint density at radius 3 is 2.16 bits per heavy atom. The van der Waals surface area contributed by atoms with Gasteiger partial charge in [-0.2, -0.15) is 5.10 Å². The molecule has 2 aliphatic heterocycles. The Morgan fingerprint density at radius 2 is 1.58 bits per heavy atom. The van der Waals surface area contributed by atoms with Gasteiger partial charge < -0.3 is 15.1 Å². The van der Waals surface area contributed by atoms with Crippen molar-refractivity contribution in [3.8, 4) is 0 Å². The van der Waals surface area contributed by atoms with Gasteiger partial charge in [0, 0.05) is 18.5 Å². The van der Waals surface area contributed by atoms with Crippen LogP contribution in [-0.2, 0) is 17.6 Å². The van der Waals surface area contributed by atoms with Crippen molar-refractivity contribution in [3.05, 3.63) is 82.2 Å². The molecule has 5 rings (SSSR count). The number of aliphatic hydroxyl groups is 2. The highest BCUT2D eigenvalue weighted by Crippen LogP contribution is 2.42. The van der Waals surface area contributed by atoms with Crippen LogP contribution < -0.4 is 0 Å². The van der Waals surface area contributed by atoms with Crippen LogP contribution in [0.1, 0.15) is 42.0 Å². The van der Waals surface area contributed by atoms with Gasteiger partial charge in [0.15, 0.2) is 11.5 Å². The number of hydrazone groups is 1. The molecule has 0 saturated carbocycles. The molecule has 2 N–H and O–H groups in total. The molecule has 1 saturated heterocycles. The lowest BCUT2D eigenvalue weighted by Gasteiger charge is -2.47. The zero-order valence-corrected chi connectivity index (χ0v) is 17.8. The van der Waals surface area contributed by atoms with Crippen LogP contribution in [0.3, 0.4) is 0 Å². The largest absolute Gasteiger partial charge is 0.507 e. The molecule has 6 nitrogen and oxygen atoms in total. The molecule has 1 amide bonds. The molecule has 2 atom stereocenters. The minimum absolute atomic E-state index is 0.0283. The number of aryl methyl sites for hydroxylation is 2. The number of hydrogen-bond donors (Lipinski definition) is 2. The van der Waals surface area contributed by atoms with Crippen LogP contribution >= 0.6 is 0 Å². The van der Waals surface area contributed by atoms with Gasteiger partial charge in [0.1, 0.15) is 6.10 Å². The van der Waals surface area contributed by atoms with Gasteiger partial charge in [0.2, 0.25) is 0 Å². The van der Waals surface area contributed by atoms with Crippen LogP contribution in [0, 0.1) is 0 Å². The molecule has 0 aromatic heterocycles. The Hall–Kier alpha value is -3.12. The number of carbonyl (C=O) groups is 1. The van der Waals surface area contributed by atoms with Gasteiger partial charge >= 0.3 is 0 Å². The monoisotopic (exact) mass is 417 g/mol. The first-order valence-corrected chi connectivity index (χ1v) is 10.9. The quantitative estimate of drug-likeness (QED) is 0.788. The fourth-order valence-corrected chi connectivity index (χ4v) is 5.15. The second kappa shape index (κ2) is 7.54. The van der Waals surface area contributed by atoms with Crippen molar-refractivity contribution in [2.45, 2.75) is 50.8 Å². The summed E-state index contributed by atoms with van der Waals surface area (Å²) in [5.41, 5.74) is 5.14. The third kappa shape index (κ3) is 3.13. The lowest BCUT2D eigenvalue weighted by molar-refractivity contribution is -0.136. The summed E-state index contributed by atoms with van der Waals surface area (Å²) in [6.45, 7) is 4.42. The smallest absolute Gasteiger partial charge is 0.276 e. The lowest BCUT2D eigenvalue weighted by atomic mass is 9.80. The molecule has 1 aliphatic carbocycles. The highest BCUT2D eigenvalue weighted by atomic mass is 16.3. The maximum Gasteiger partial charge on any atom is 0.276 e. The van der Waals surface area contributed by atoms with Crippen LogP contribution in [0.5, 0.6) is 0 Å².